The van der Waals surface area contributed by atoms with Crippen molar-refractivity contribution in [2.45, 2.75) is 19.5 Å². The molecule has 0 spiro atoms. The van der Waals surface area contributed by atoms with Crippen LogP contribution in [-0.4, -0.2) is 17.3 Å². The maximum absolute atomic E-state index is 12.7. The Bertz CT molecular complexity index is 870. The highest BCUT2D eigenvalue weighted by molar-refractivity contribution is 6.32. The number of halogens is 4. The Labute approximate surface area is 156 Å². The second-order valence-electron chi connectivity index (χ2n) is 5.43. The van der Waals surface area contributed by atoms with Crippen LogP contribution in [-0.2, 0) is 11.0 Å². The van der Waals surface area contributed by atoms with E-state index in [1.807, 2.05) is 0 Å². The first kappa shape index (κ1) is 20.5. The average molecular weight is 404 g/mol. The van der Waals surface area contributed by atoms with Gasteiger partial charge in [0.25, 0.3) is 0 Å². The smallest absolute Gasteiger partial charge is 0.416 e. The van der Waals surface area contributed by atoms with Crippen molar-refractivity contribution in [3.63, 3.8) is 0 Å². The third kappa shape index (κ3) is 5.58. The topological polar surface area (TPSA) is 78.7 Å². The van der Waals surface area contributed by atoms with E-state index in [0.29, 0.717) is 6.07 Å². The summed E-state index contributed by atoms with van der Waals surface area (Å²) in [6.07, 6.45) is -4.49. The molecule has 0 aliphatic heterocycles. The first-order valence-corrected chi connectivity index (χ1v) is 7.91. The number of ketones is 1. The van der Waals surface area contributed by atoms with Crippen LogP contribution in [0.1, 0.15) is 18.9 Å². The lowest BCUT2D eigenvalue weighted by Gasteiger charge is -2.12. The van der Waals surface area contributed by atoms with Gasteiger partial charge in [-0.3, -0.25) is 14.9 Å². The van der Waals surface area contributed by atoms with Crippen LogP contribution in [0.4, 0.5) is 18.9 Å². The van der Waals surface area contributed by atoms with Gasteiger partial charge in [0.15, 0.2) is 0 Å². The van der Waals surface area contributed by atoms with E-state index in [0.717, 1.165) is 18.2 Å². The minimum Gasteiger partial charge on any atom is -0.486 e. The molecule has 0 fully saturated rings. The molecule has 27 heavy (non-hydrogen) atoms. The second-order valence-corrected chi connectivity index (χ2v) is 5.84. The summed E-state index contributed by atoms with van der Waals surface area (Å²) >= 11 is 5.82. The number of nitro groups is 1. The molecule has 0 aromatic heterocycles. The summed E-state index contributed by atoms with van der Waals surface area (Å²) in [5.41, 5.74) is -1.28. The van der Waals surface area contributed by atoms with Crippen molar-refractivity contribution < 1.29 is 32.4 Å². The van der Waals surface area contributed by atoms with Gasteiger partial charge >= 0.3 is 11.9 Å². The van der Waals surface area contributed by atoms with Gasteiger partial charge in [-0.05, 0) is 31.2 Å². The fourth-order valence-corrected chi connectivity index (χ4v) is 2.24. The van der Waals surface area contributed by atoms with Crippen LogP contribution in [0.2, 0.25) is 5.02 Å². The van der Waals surface area contributed by atoms with Crippen LogP contribution in [0, 0.1) is 10.1 Å². The summed E-state index contributed by atoms with van der Waals surface area (Å²) in [4.78, 5) is 21.4. The third-order valence-corrected chi connectivity index (χ3v) is 3.62. The maximum Gasteiger partial charge on any atom is 0.416 e. The fraction of sp³-hybridized carbons (Fsp3) is 0.235. The molecule has 2 aromatic rings. The molecule has 2 rings (SSSR count). The van der Waals surface area contributed by atoms with Crippen LogP contribution in [0.5, 0.6) is 17.2 Å². The molecule has 0 aliphatic rings. The Morgan fingerprint density at radius 3 is 2.44 bits per heavy atom. The van der Waals surface area contributed by atoms with Gasteiger partial charge in [0.1, 0.15) is 17.3 Å². The van der Waals surface area contributed by atoms with Gasteiger partial charge in [0.2, 0.25) is 5.75 Å². The lowest BCUT2D eigenvalue weighted by atomic mass is 10.2. The highest BCUT2D eigenvalue weighted by Gasteiger charge is 2.31. The maximum atomic E-state index is 12.7. The van der Waals surface area contributed by atoms with Crippen LogP contribution in [0.25, 0.3) is 0 Å². The fourth-order valence-electron chi connectivity index (χ4n) is 2.02. The average Bonchev–Trinajstić information content (AvgIpc) is 2.55. The normalized spacial score (nSPS) is 11.1. The highest BCUT2D eigenvalue weighted by atomic mass is 35.5. The Morgan fingerprint density at radius 2 is 1.89 bits per heavy atom. The predicted octanol–water partition coefficient (Wildman–Crippen LogP) is 5.42. The number of nitro benzene ring substituents is 1. The van der Waals surface area contributed by atoms with Crippen molar-refractivity contribution in [2.24, 2.45) is 0 Å². The van der Waals surface area contributed by atoms with Gasteiger partial charge in [-0.2, -0.15) is 13.2 Å². The summed E-state index contributed by atoms with van der Waals surface area (Å²) in [5.74, 6) is -0.281. The van der Waals surface area contributed by atoms with Gasteiger partial charge in [0, 0.05) is 18.6 Å². The number of alkyl halides is 3. The van der Waals surface area contributed by atoms with E-state index in [1.165, 1.54) is 19.1 Å². The van der Waals surface area contributed by atoms with E-state index in [2.05, 4.69) is 0 Å². The molecule has 0 N–H and O–H groups in total. The van der Waals surface area contributed by atoms with Crippen LogP contribution in [0.3, 0.4) is 0 Å². The van der Waals surface area contributed by atoms with E-state index >= 15 is 0 Å². The summed E-state index contributed by atoms with van der Waals surface area (Å²) < 4.78 is 48.7. The number of benzene rings is 2. The summed E-state index contributed by atoms with van der Waals surface area (Å²) in [5, 5.41) is 10.8. The number of carbonyl (C=O) groups is 1. The summed E-state index contributed by atoms with van der Waals surface area (Å²) in [7, 11) is 0. The molecule has 10 heteroatoms. The lowest BCUT2D eigenvalue weighted by Crippen LogP contribution is -2.05. The molecule has 0 amide bonds. The SMILES string of the molecule is CC(=O)CCOc1cc(Oc2ccc(C(F)(F)F)cc2Cl)ccc1[N+](=O)[O-]. The van der Waals surface area contributed by atoms with Gasteiger partial charge in [-0.1, -0.05) is 11.6 Å². The van der Waals surface area contributed by atoms with Crippen LogP contribution >= 0.6 is 11.6 Å². The van der Waals surface area contributed by atoms with E-state index in [4.69, 9.17) is 21.1 Å². The number of carbonyl (C=O) groups excluding carboxylic acids is 1. The molecular formula is C17H13ClF3NO5. The standard InChI is InChI=1S/C17H13ClF3NO5/c1-10(23)6-7-26-16-9-12(3-4-14(16)22(24)25)27-15-5-2-11(8-13(15)18)17(19,20)21/h2-5,8-9H,6-7H2,1H3. The van der Waals surface area contributed by atoms with Gasteiger partial charge in [-0.25, -0.2) is 0 Å². The quantitative estimate of drug-likeness (QED) is 0.455. The van der Waals surface area contributed by atoms with Gasteiger partial charge < -0.3 is 9.47 Å². The van der Waals surface area contributed by atoms with E-state index < -0.39 is 16.7 Å². The molecule has 0 unspecified atom stereocenters. The number of hydrogen-bond donors (Lipinski definition) is 0. The van der Waals surface area contributed by atoms with Crippen molar-refractivity contribution in [3.05, 3.63) is 57.1 Å². The summed E-state index contributed by atoms with van der Waals surface area (Å²) in [6, 6.07) is 6.14. The molecule has 0 aliphatic carbocycles. The minimum atomic E-state index is -4.55. The Kier molecular flexibility index (Phi) is 6.27. The zero-order valence-corrected chi connectivity index (χ0v) is 14.6. The molecule has 2 aromatic carbocycles. The third-order valence-electron chi connectivity index (χ3n) is 3.33. The number of ether oxygens (including phenoxy) is 2. The molecule has 0 radical (unpaired) electrons. The molecule has 6 nitrogen and oxygen atoms in total. The van der Waals surface area contributed by atoms with Crippen LogP contribution in [0.15, 0.2) is 36.4 Å². The largest absolute Gasteiger partial charge is 0.486 e. The van der Waals surface area contributed by atoms with Crippen molar-refractivity contribution in [1.29, 1.82) is 0 Å². The van der Waals surface area contributed by atoms with Crippen molar-refractivity contribution in [3.8, 4) is 17.2 Å². The zero-order valence-electron chi connectivity index (χ0n) is 13.9. The van der Waals surface area contributed by atoms with E-state index in [-0.39, 0.29) is 46.8 Å². The number of hydrogen-bond acceptors (Lipinski definition) is 5. The van der Waals surface area contributed by atoms with Crippen molar-refractivity contribution >= 4 is 23.1 Å². The lowest BCUT2D eigenvalue weighted by molar-refractivity contribution is -0.385. The molecule has 0 heterocycles. The molecule has 0 saturated heterocycles. The van der Waals surface area contributed by atoms with Gasteiger partial charge in [-0.15, -0.1) is 0 Å². The predicted molar refractivity (Wildman–Crippen MR) is 90.4 cm³/mol. The molecule has 0 bridgehead atoms. The van der Waals surface area contributed by atoms with E-state index in [1.54, 1.807) is 0 Å². The van der Waals surface area contributed by atoms with Crippen molar-refractivity contribution in [1.82, 2.24) is 0 Å². The van der Waals surface area contributed by atoms with Crippen molar-refractivity contribution in [2.75, 3.05) is 6.61 Å². The highest BCUT2D eigenvalue weighted by Crippen LogP contribution is 2.38. The van der Waals surface area contributed by atoms with Gasteiger partial charge in [0.05, 0.1) is 22.1 Å². The minimum absolute atomic E-state index is 0.0618. The zero-order chi connectivity index (χ0) is 20.2. The molecule has 0 saturated carbocycles. The molecule has 0 atom stereocenters. The number of rotatable bonds is 7. The first-order chi connectivity index (χ1) is 12.6. The Morgan fingerprint density at radius 1 is 1.19 bits per heavy atom. The second kappa shape index (κ2) is 8.26. The van der Waals surface area contributed by atoms with E-state index in [9.17, 15) is 28.1 Å². The Balaban J connectivity index is 2.26. The summed E-state index contributed by atoms with van der Waals surface area (Å²) in [6.45, 7) is 1.28. The van der Waals surface area contributed by atoms with Crippen LogP contribution < -0.4 is 9.47 Å². The monoisotopic (exact) mass is 403 g/mol. The first-order valence-electron chi connectivity index (χ1n) is 7.53. The number of nitrogens with zero attached hydrogens (tertiary/aromatic N) is 1. The molecular weight excluding hydrogens is 391 g/mol. The Hall–Kier alpha value is -2.81. The number of Topliss-reactive ketones (excluding diaryl/α,β-unsaturated/α-hetero) is 1. The molecule has 144 valence electrons.